The minimum absolute atomic E-state index is 0.0832. The summed E-state index contributed by atoms with van der Waals surface area (Å²) in [6.07, 6.45) is 0. The highest BCUT2D eigenvalue weighted by Gasteiger charge is 2.17. The van der Waals surface area contributed by atoms with E-state index in [1.54, 1.807) is 72.8 Å². The molecule has 0 amide bonds. The number of aromatic nitrogens is 3. The molecule has 3 aromatic carbocycles. The summed E-state index contributed by atoms with van der Waals surface area (Å²) in [4.78, 5) is 40.7. The van der Waals surface area contributed by atoms with Crippen LogP contribution in [0.15, 0.2) is 87.2 Å². The Balaban J connectivity index is 1.82. The van der Waals surface area contributed by atoms with Crippen molar-refractivity contribution in [2.45, 2.75) is 39.3 Å². The van der Waals surface area contributed by atoms with Crippen LogP contribution in [0.25, 0.3) is 0 Å². The van der Waals surface area contributed by atoms with Crippen molar-refractivity contribution in [2.24, 2.45) is 0 Å². The highest BCUT2D eigenvalue weighted by Crippen LogP contribution is 2.09. The number of hydroxylamine groups is 3. The van der Waals surface area contributed by atoms with Crippen LogP contribution in [-0.2, 0) is 39.3 Å². The second kappa shape index (κ2) is 13.1. The zero-order valence-electron chi connectivity index (χ0n) is 21.1. The van der Waals surface area contributed by atoms with E-state index in [1.807, 2.05) is 0 Å². The van der Waals surface area contributed by atoms with Crippen LogP contribution in [-0.4, -0.2) is 29.3 Å². The molecule has 0 radical (unpaired) electrons. The van der Waals surface area contributed by atoms with Gasteiger partial charge in [0, 0.05) is 19.6 Å². The second-order valence-corrected chi connectivity index (χ2v) is 9.07. The topological polar surface area (TPSA) is 163 Å². The van der Waals surface area contributed by atoms with E-state index in [-0.39, 0.29) is 39.3 Å². The molecule has 1 aromatic heterocycles. The first-order valence-electron chi connectivity index (χ1n) is 12.2. The molecule has 0 unspecified atom stereocenters. The monoisotopic (exact) mass is 534 g/mol. The Morgan fingerprint density at radius 3 is 0.974 bits per heavy atom. The SMILES string of the molecule is O=c1n(Cc2cccc(CNO)c2)c(=O)n(Cc2cccc(CNO)c2)c(=O)n1Cc1cccc(CNO)c1. The minimum Gasteiger partial charge on any atom is -0.316 e. The first kappa shape index (κ1) is 27.9. The van der Waals surface area contributed by atoms with Gasteiger partial charge in [-0.15, -0.1) is 0 Å². The summed E-state index contributed by atoms with van der Waals surface area (Å²) in [5, 5.41) is 27.1. The Morgan fingerprint density at radius 2 is 0.718 bits per heavy atom. The van der Waals surface area contributed by atoms with Gasteiger partial charge >= 0.3 is 17.1 Å². The van der Waals surface area contributed by atoms with E-state index in [9.17, 15) is 14.4 Å². The van der Waals surface area contributed by atoms with Gasteiger partial charge in [-0.3, -0.25) is 0 Å². The van der Waals surface area contributed by atoms with Crippen LogP contribution in [0.1, 0.15) is 33.4 Å². The molecule has 0 saturated heterocycles. The third-order valence-electron chi connectivity index (χ3n) is 6.23. The van der Waals surface area contributed by atoms with Gasteiger partial charge in [0.05, 0.1) is 19.6 Å². The lowest BCUT2D eigenvalue weighted by molar-refractivity contribution is 0.161. The summed E-state index contributed by atoms with van der Waals surface area (Å²) >= 11 is 0. The average molecular weight is 535 g/mol. The van der Waals surface area contributed by atoms with Gasteiger partial charge < -0.3 is 15.6 Å². The average Bonchev–Trinajstić information content (AvgIpc) is 2.93. The van der Waals surface area contributed by atoms with Crippen LogP contribution in [0.2, 0.25) is 0 Å². The lowest BCUT2D eigenvalue weighted by Crippen LogP contribution is -2.54. The number of nitrogens with one attached hydrogen (secondary N) is 3. The quantitative estimate of drug-likeness (QED) is 0.144. The predicted octanol–water partition coefficient (Wildman–Crippen LogP) is 0.753. The zero-order chi connectivity index (χ0) is 27.8. The van der Waals surface area contributed by atoms with Crippen LogP contribution in [0.5, 0.6) is 0 Å². The highest BCUT2D eigenvalue weighted by atomic mass is 16.5. The van der Waals surface area contributed by atoms with Crippen molar-refractivity contribution in [1.82, 2.24) is 30.1 Å². The van der Waals surface area contributed by atoms with Crippen molar-refractivity contribution in [2.75, 3.05) is 0 Å². The maximum absolute atomic E-state index is 13.6. The number of hydrogen-bond acceptors (Lipinski definition) is 9. The van der Waals surface area contributed by atoms with Crippen LogP contribution < -0.4 is 33.5 Å². The number of nitrogens with zero attached hydrogens (tertiary/aromatic N) is 3. The largest absolute Gasteiger partial charge is 0.336 e. The maximum atomic E-state index is 13.6. The number of benzene rings is 3. The molecule has 0 spiro atoms. The van der Waals surface area contributed by atoms with Gasteiger partial charge in [0.2, 0.25) is 0 Å². The predicted molar refractivity (Wildman–Crippen MR) is 142 cm³/mol. The molecule has 4 rings (SSSR count). The normalized spacial score (nSPS) is 11.2. The summed E-state index contributed by atoms with van der Waals surface area (Å²) in [7, 11) is 0. The zero-order valence-corrected chi connectivity index (χ0v) is 21.1. The number of hydrogen-bond donors (Lipinski definition) is 6. The van der Waals surface area contributed by atoms with Gasteiger partial charge in [-0.05, 0) is 33.4 Å². The van der Waals surface area contributed by atoms with E-state index in [0.29, 0.717) is 16.7 Å². The molecule has 39 heavy (non-hydrogen) atoms. The lowest BCUT2D eigenvalue weighted by atomic mass is 10.1. The van der Waals surface area contributed by atoms with Crippen molar-refractivity contribution in [1.29, 1.82) is 0 Å². The van der Waals surface area contributed by atoms with E-state index in [4.69, 9.17) is 15.6 Å². The van der Waals surface area contributed by atoms with Gasteiger partial charge in [-0.2, -0.15) is 0 Å². The standard InChI is InChI=1S/C27H30N6O6/c34-25-31(16-22-7-1-4-19(10-22)13-28-37)26(35)33(18-24-9-3-6-21(12-24)15-30-39)27(36)32(25)17-23-8-2-5-20(11-23)14-29-38/h1-12,28-30,37-39H,13-18H2. The summed E-state index contributed by atoms with van der Waals surface area (Å²) in [6, 6.07) is 21.2. The summed E-state index contributed by atoms with van der Waals surface area (Å²) in [5.74, 6) is 0. The Hall–Kier alpha value is -4.17. The summed E-state index contributed by atoms with van der Waals surface area (Å²) < 4.78 is 3.06. The summed E-state index contributed by atoms with van der Waals surface area (Å²) in [5.41, 5.74) is 8.18. The molecule has 6 N–H and O–H groups in total. The Bertz CT molecular complexity index is 1390. The molecule has 12 nitrogen and oxygen atoms in total. The van der Waals surface area contributed by atoms with E-state index in [2.05, 4.69) is 16.4 Å². The first-order chi connectivity index (χ1) is 18.9. The molecule has 0 aliphatic carbocycles. The first-order valence-corrected chi connectivity index (χ1v) is 12.2. The fourth-order valence-electron chi connectivity index (χ4n) is 4.42. The molecule has 0 aliphatic rings. The van der Waals surface area contributed by atoms with Crippen LogP contribution >= 0.6 is 0 Å². The molecule has 204 valence electrons. The maximum Gasteiger partial charge on any atom is 0.336 e. The lowest BCUT2D eigenvalue weighted by Gasteiger charge is -2.15. The molecule has 0 bridgehead atoms. The Morgan fingerprint density at radius 1 is 0.462 bits per heavy atom. The minimum atomic E-state index is -0.754. The van der Waals surface area contributed by atoms with Crippen LogP contribution in [0, 0.1) is 0 Å². The van der Waals surface area contributed by atoms with Gasteiger partial charge in [-0.25, -0.2) is 44.5 Å². The van der Waals surface area contributed by atoms with E-state index in [1.165, 1.54) is 0 Å². The number of rotatable bonds is 12. The second-order valence-electron chi connectivity index (χ2n) is 9.07. The fourth-order valence-corrected chi connectivity index (χ4v) is 4.42. The van der Waals surface area contributed by atoms with Gasteiger partial charge in [0.25, 0.3) is 0 Å². The van der Waals surface area contributed by atoms with Crippen molar-refractivity contribution >= 4 is 0 Å². The van der Waals surface area contributed by atoms with E-state index in [0.717, 1.165) is 30.4 Å². The Kier molecular flexibility index (Phi) is 9.33. The Labute approximate surface area is 222 Å². The molecule has 4 aromatic rings. The van der Waals surface area contributed by atoms with Crippen molar-refractivity contribution < 1.29 is 15.6 Å². The van der Waals surface area contributed by atoms with Gasteiger partial charge in [-0.1, -0.05) is 72.8 Å². The molecule has 0 fully saturated rings. The van der Waals surface area contributed by atoms with Crippen LogP contribution in [0.3, 0.4) is 0 Å². The van der Waals surface area contributed by atoms with Gasteiger partial charge in [0.1, 0.15) is 0 Å². The molecule has 1 heterocycles. The summed E-state index contributed by atoms with van der Waals surface area (Å²) in [6.45, 7) is 0.306. The van der Waals surface area contributed by atoms with Crippen molar-refractivity contribution in [3.05, 3.63) is 138 Å². The van der Waals surface area contributed by atoms with Gasteiger partial charge in [0.15, 0.2) is 0 Å². The van der Waals surface area contributed by atoms with Crippen molar-refractivity contribution in [3.8, 4) is 0 Å². The van der Waals surface area contributed by atoms with Crippen molar-refractivity contribution in [3.63, 3.8) is 0 Å². The van der Waals surface area contributed by atoms with E-state index < -0.39 is 17.1 Å². The fraction of sp³-hybridized carbons (Fsp3) is 0.222. The molecular formula is C27H30N6O6. The molecule has 0 aliphatic heterocycles. The highest BCUT2D eigenvalue weighted by molar-refractivity contribution is 5.26. The third kappa shape index (κ3) is 6.83. The molecule has 0 atom stereocenters. The molecule has 0 saturated carbocycles. The third-order valence-corrected chi connectivity index (χ3v) is 6.23. The van der Waals surface area contributed by atoms with E-state index >= 15 is 0 Å². The van der Waals surface area contributed by atoms with Crippen LogP contribution in [0.4, 0.5) is 0 Å². The molecule has 12 heteroatoms. The molecular weight excluding hydrogens is 504 g/mol. The smallest absolute Gasteiger partial charge is 0.316 e.